The summed E-state index contributed by atoms with van der Waals surface area (Å²) in [5.74, 6) is 0.292. The molecule has 0 bridgehead atoms. The van der Waals surface area contributed by atoms with E-state index in [1.807, 2.05) is 25.1 Å². The molecule has 3 rings (SSSR count). The van der Waals surface area contributed by atoms with E-state index >= 15 is 0 Å². The number of fused-ring (bicyclic) bond motifs is 1. The van der Waals surface area contributed by atoms with Gasteiger partial charge < -0.3 is 14.5 Å². The number of furan rings is 1. The smallest absolute Gasteiger partial charge is 0.227 e. The zero-order chi connectivity index (χ0) is 12.5. The van der Waals surface area contributed by atoms with E-state index in [4.69, 9.17) is 9.15 Å². The number of aryl methyl sites for hydroxylation is 1. The van der Waals surface area contributed by atoms with Crippen molar-refractivity contribution in [3.05, 3.63) is 35.6 Å². The van der Waals surface area contributed by atoms with Gasteiger partial charge in [-0.3, -0.25) is 4.79 Å². The lowest BCUT2D eigenvalue weighted by atomic mass is 10.1. The fraction of sp³-hybridized carbons (Fsp3) is 0.357. The van der Waals surface area contributed by atoms with Gasteiger partial charge in [-0.15, -0.1) is 0 Å². The lowest BCUT2D eigenvalue weighted by Crippen LogP contribution is -2.42. The number of nitrogens with one attached hydrogen (secondary N) is 1. The SMILES string of the molecule is Cc1ccc2oc(C(=O)C3CNCCO3)cc2c1. The average molecular weight is 245 g/mol. The lowest BCUT2D eigenvalue weighted by Gasteiger charge is -2.21. The Kier molecular flexibility index (Phi) is 2.89. The molecule has 1 aliphatic heterocycles. The molecule has 0 radical (unpaired) electrons. The van der Waals surface area contributed by atoms with E-state index in [2.05, 4.69) is 5.32 Å². The monoisotopic (exact) mass is 245 g/mol. The van der Waals surface area contributed by atoms with Gasteiger partial charge in [-0.2, -0.15) is 0 Å². The van der Waals surface area contributed by atoms with Crippen LogP contribution in [0.1, 0.15) is 16.1 Å². The first kappa shape index (κ1) is 11.4. The van der Waals surface area contributed by atoms with Crippen molar-refractivity contribution in [2.75, 3.05) is 19.7 Å². The summed E-state index contributed by atoms with van der Waals surface area (Å²) in [7, 11) is 0. The van der Waals surface area contributed by atoms with Crippen molar-refractivity contribution in [1.82, 2.24) is 5.32 Å². The van der Waals surface area contributed by atoms with E-state index < -0.39 is 6.10 Å². The number of carbonyl (C=O) groups excluding carboxylic acids is 1. The maximum atomic E-state index is 12.2. The van der Waals surface area contributed by atoms with Crippen LogP contribution in [0, 0.1) is 6.92 Å². The van der Waals surface area contributed by atoms with Crippen LogP contribution in [-0.4, -0.2) is 31.6 Å². The normalized spacial score (nSPS) is 20.2. The molecule has 2 aromatic rings. The van der Waals surface area contributed by atoms with Crippen LogP contribution in [-0.2, 0) is 4.74 Å². The third kappa shape index (κ3) is 2.05. The largest absolute Gasteiger partial charge is 0.453 e. The first-order valence-corrected chi connectivity index (χ1v) is 6.11. The van der Waals surface area contributed by atoms with E-state index in [9.17, 15) is 4.79 Å². The zero-order valence-corrected chi connectivity index (χ0v) is 10.2. The maximum Gasteiger partial charge on any atom is 0.227 e. The van der Waals surface area contributed by atoms with Gasteiger partial charge in [-0.1, -0.05) is 11.6 Å². The van der Waals surface area contributed by atoms with Crippen LogP contribution in [0.25, 0.3) is 11.0 Å². The summed E-state index contributed by atoms with van der Waals surface area (Å²) in [5.41, 5.74) is 1.89. The van der Waals surface area contributed by atoms with Crippen LogP contribution < -0.4 is 5.32 Å². The average Bonchev–Trinajstić information content (AvgIpc) is 2.81. The van der Waals surface area contributed by atoms with E-state index in [0.29, 0.717) is 18.9 Å². The van der Waals surface area contributed by atoms with E-state index in [0.717, 1.165) is 23.1 Å². The van der Waals surface area contributed by atoms with Gasteiger partial charge in [0.15, 0.2) is 5.76 Å². The topological polar surface area (TPSA) is 51.5 Å². The van der Waals surface area contributed by atoms with Crippen molar-refractivity contribution in [3.63, 3.8) is 0 Å². The Morgan fingerprint density at radius 1 is 1.39 bits per heavy atom. The summed E-state index contributed by atoms with van der Waals surface area (Å²) in [5, 5.41) is 4.10. The van der Waals surface area contributed by atoms with Crippen LogP contribution in [0.5, 0.6) is 0 Å². The number of hydrogen-bond acceptors (Lipinski definition) is 4. The second-order valence-electron chi connectivity index (χ2n) is 4.58. The van der Waals surface area contributed by atoms with Crippen molar-refractivity contribution in [2.45, 2.75) is 13.0 Å². The number of carbonyl (C=O) groups is 1. The van der Waals surface area contributed by atoms with Crippen LogP contribution >= 0.6 is 0 Å². The number of hydrogen-bond donors (Lipinski definition) is 1. The Balaban J connectivity index is 1.91. The van der Waals surface area contributed by atoms with Gasteiger partial charge in [0.2, 0.25) is 5.78 Å². The fourth-order valence-electron chi connectivity index (χ4n) is 2.18. The Labute approximate surface area is 105 Å². The number of ether oxygens (including phenoxy) is 1. The third-order valence-electron chi connectivity index (χ3n) is 3.13. The summed E-state index contributed by atoms with van der Waals surface area (Å²) in [4.78, 5) is 12.2. The standard InChI is InChI=1S/C14H15NO3/c1-9-2-3-11-10(6-9)7-12(18-11)14(16)13-8-15-4-5-17-13/h2-3,6-7,13,15H,4-5,8H2,1H3. The van der Waals surface area contributed by atoms with Crippen molar-refractivity contribution in [2.24, 2.45) is 0 Å². The molecular weight excluding hydrogens is 230 g/mol. The summed E-state index contributed by atoms with van der Waals surface area (Å²) in [6.45, 7) is 3.93. The second kappa shape index (κ2) is 4.55. The molecule has 1 atom stereocenters. The van der Waals surface area contributed by atoms with Gasteiger partial charge in [0.25, 0.3) is 0 Å². The minimum Gasteiger partial charge on any atom is -0.453 e. The van der Waals surface area contributed by atoms with Gasteiger partial charge in [-0.25, -0.2) is 0 Å². The van der Waals surface area contributed by atoms with E-state index in [1.165, 1.54) is 0 Å². The molecular formula is C14H15NO3. The van der Waals surface area contributed by atoms with Crippen LogP contribution in [0.4, 0.5) is 0 Å². The molecule has 0 saturated carbocycles. The molecule has 1 aromatic heterocycles. The maximum absolute atomic E-state index is 12.2. The van der Waals surface area contributed by atoms with Gasteiger partial charge in [0, 0.05) is 18.5 Å². The molecule has 18 heavy (non-hydrogen) atoms. The van der Waals surface area contributed by atoms with Gasteiger partial charge in [-0.05, 0) is 25.1 Å². The summed E-state index contributed by atoms with van der Waals surface area (Å²) < 4.78 is 11.0. The molecule has 1 saturated heterocycles. The summed E-state index contributed by atoms with van der Waals surface area (Å²) >= 11 is 0. The highest BCUT2D eigenvalue weighted by atomic mass is 16.5. The molecule has 1 aliphatic rings. The lowest BCUT2D eigenvalue weighted by molar-refractivity contribution is 0.0251. The first-order chi connectivity index (χ1) is 8.74. The molecule has 1 N–H and O–H groups in total. The molecule has 4 heteroatoms. The zero-order valence-electron chi connectivity index (χ0n) is 10.2. The number of ketones is 1. The van der Waals surface area contributed by atoms with Crippen molar-refractivity contribution in [3.8, 4) is 0 Å². The molecule has 94 valence electrons. The highest BCUT2D eigenvalue weighted by molar-refractivity contribution is 6.00. The van der Waals surface area contributed by atoms with Crippen LogP contribution in [0.2, 0.25) is 0 Å². The van der Waals surface area contributed by atoms with E-state index in [-0.39, 0.29) is 5.78 Å². The quantitative estimate of drug-likeness (QED) is 0.821. The number of rotatable bonds is 2. The molecule has 1 aromatic carbocycles. The van der Waals surface area contributed by atoms with E-state index in [1.54, 1.807) is 6.07 Å². The van der Waals surface area contributed by atoms with Gasteiger partial charge >= 0.3 is 0 Å². The molecule has 2 heterocycles. The Morgan fingerprint density at radius 2 is 2.28 bits per heavy atom. The van der Waals surface area contributed by atoms with Crippen LogP contribution in [0.15, 0.2) is 28.7 Å². The number of Topliss-reactive ketones (excluding diaryl/α,β-unsaturated/α-hetero) is 1. The highest BCUT2D eigenvalue weighted by Crippen LogP contribution is 2.22. The van der Waals surface area contributed by atoms with Gasteiger partial charge in [0.1, 0.15) is 11.7 Å². The predicted molar refractivity (Wildman–Crippen MR) is 67.9 cm³/mol. The third-order valence-corrected chi connectivity index (χ3v) is 3.13. The summed E-state index contributed by atoms with van der Waals surface area (Å²) in [6, 6.07) is 7.67. The Morgan fingerprint density at radius 3 is 3.06 bits per heavy atom. The minimum atomic E-state index is -0.430. The first-order valence-electron chi connectivity index (χ1n) is 6.11. The Bertz CT molecular complexity index is 582. The number of benzene rings is 1. The predicted octanol–water partition coefficient (Wildman–Crippen LogP) is 1.91. The molecule has 0 aliphatic carbocycles. The molecule has 4 nitrogen and oxygen atoms in total. The molecule has 0 spiro atoms. The molecule has 1 unspecified atom stereocenters. The van der Waals surface area contributed by atoms with Crippen molar-refractivity contribution in [1.29, 1.82) is 0 Å². The highest BCUT2D eigenvalue weighted by Gasteiger charge is 2.25. The minimum absolute atomic E-state index is 0.0870. The van der Waals surface area contributed by atoms with Crippen LogP contribution in [0.3, 0.4) is 0 Å². The molecule has 1 fully saturated rings. The van der Waals surface area contributed by atoms with Crippen molar-refractivity contribution >= 4 is 16.8 Å². The second-order valence-corrected chi connectivity index (χ2v) is 4.58. The molecule has 0 amide bonds. The van der Waals surface area contributed by atoms with Gasteiger partial charge in [0.05, 0.1) is 6.61 Å². The fourth-order valence-corrected chi connectivity index (χ4v) is 2.18. The summed E-state index contributed by atoms with van der Waals surface area (Å²) in [6.07, 6.45) is -0.430. The Hall–Kier alpha value is -1.65. The van der Waals surface area contributed by atoms with Crippen molar-refractivity contribution < 1.29 is 13.9 Å². The number of morpholine rings is 1.